The number of rotatable bonds is 60. The van der Waals surface area contributed by atoms with Gasteiger partial charge in [-0.2, -0.15) is 0 Å². The third-order valence-corrected chi connectivity index (χ3v) is 15.6. The lowest BCUT2D eigenvalue weighted by atomic mass is 10.0. The largest absolute Gasteiger partial charge is 0.472 e. The maximum absolute atomic E-state index is 13.0. The van der Waals surface area contributed by atoms with E-state index in [4.69, 9.17) is 9.05 Å². The number of nitrogens with one attached hydrogen (secondary N) is 1. The zero-order valence-electron chi connectivity index (χ0n) is 51.9. The van der Waals surface area contributed by atoms with Crippen LogP contribution in [0.1, 0.15) is 296 Å². The van der Waals surface area contributed by atoms with Crippen molar-refractivity contribution in [3.8, 4) is 0 Å². The number of nitrogens with zero attached hydrogens (tertiary/aromatic N) is 1. The second-order valence-electron chi connectivity index (χ2n) is 23.4. The molecule has 0 aliphatic carbocycles. The Kier molecular flexibility index (Phi) is 57.5. The molecule has 0 aliphatic heterocycles. The Morgan fingerprint density at radius 3 is 1.18 bits per heavy atom. The highest BCUT2D eigenvalue weighted by molar-refractivity contribution is 7.47. The van der Waals surface area contributed by atoms with Crippen molar-refractivity contribution in [1.29, 1.82) is 0 Å². The van der Waals surface area contributed by atoms with Crippen molar-refractivity contribution in [2.45, 2.75) is 309 Å². The first kappa shape index (κ1) is 75.7. The molecular weight excluding hydrogens is 984 g/mol. The molecule has 0 aromatic heterocycles. The average Bonchev–Trinajstić information content (AvgIpc) is 3.41. The standard InChI is InChI=1S/C69H127N2O6P/c1-6-8-10-12-14-16-18-20-22-24-26-28-30-31-32-33-34-35-36-37-38-39-41-43-45-47-49-51-53-55-57-59-61-63-69(73)70-67(66-77-78(74,75)76-65-64-71(3,4)5)68(72)62-60-58-56-54-52-50-48-46-44-42-40-29-27-25-23-21-19-17-15-13-11-9-7-2/h8,10,14,16,20,22,26,28,44,46,52,54,60,62,67-68,72H,6-7,9,11-13,15,17-19,21,23-25,27,29-43,45,47-51,53,55-59,61,63-66H2,1-5H3,(H-,70,73,74,75)/p+1/b10-8-,16-14-,22-20-,28-26-,46-44+,54-52+,62-60+. The summed E-state index contributed by atoms with van der Waals surface area (Å²) in [4.78, 5) is 23.4. The van der Waals surface area contributed by atoms with Crippen LogP contribution in [0.2, 0.25) is 0 Å². The van der Waals surface area contributed by atoms with Crippen LogP contribution in [0.5, 0.6) is 0 Å². The number of aliphatic hydroxyl groups excluding tert-OH is 1. The van der Waals surface area contributed by atoms with Crippen molar-refractivity contribution >= 4 is 13.7 Å². The fourth-order valence-electron chi connectivity index (χ4n) is 9.48. The Hall–Kier alpha value is -2.32. The van der Waals surface area contributed by atoms with Gasteiger partial charge in [0.05, 0.1) is 39.9 Å². The molecule has 0 aliphatic rings. The van der Waals surface area contributed by atoms with Gasteiger partial charge in [-0.15, -0.1) is 0 Å². The first-order valence-electron chi connectivity index (χ1n) is 33.0. The molecule has 0 spiro atoms. The minimum Gasteiger partial charge on any atom is -0.387 e. The van der Waals surface area contributed by atoms with Crippen LogP contribution >= 0.6 is 7.82 Å². The summed E-state index contributed by atoms with van der Waals surface area (Å²) in [6, 6.07) is -0.873. The van der Waals surface area contributed by atoms with Crippen molar-refractivity contribution in [3.05, 3.63) is 85.1 Å². The Bertz CT molecular complexity index is 1550. The Morgan fingerprint density at radius 2 is 0.782 bits per heavy atom. The lowest BCUT2D eigenvalue weighted by Gasteiger charge is -2.25. The predicted octanol–water partition coefficient (Wildman–Crippen LogP) is 20.8. The summed E-state index contributed by atoms with van der Waals surface area (Å²) in [7, 11) is 1.55. The summed E-state index contributed by atoms with van der Waals surface area (Å²) in [5.41, 5.74) is 0. The molecule has 0 aromatic rings. The maximum Gasteiger partial charge on any atom is 0.472 e. The molecule has 0 saturated carbocycles. The van der Waals surface area contributed by atoms with Crippen molar-refractivity contribution in [2.24, 2.45) is 0 Å². The van der Waals surface area contributed by atoms with Crippen LogP contribution in [0.3, 0.4) is 0 Å². The summed E-state index contributed by atoms with van der Waals surface area (Å²) in [5, 5.41) is 14.0. The highest BCUT2D eigenvalue weighted by Gasteiger charge is 2.27. The fourth-order valence-corrected chi connectivity index (χ4v) is 10.2. The first-order valence-corrected chi connectivity index (χ1v) is 34.5. The molecule has 3 atom stereocenters. The van der Waals surface area contributed by atoms with Crippen molar-refractivity contribution in [3.63, 3.8) is 0 Å². The van der Waals surface area contributed by atoms with Crippen LogP contribution in [0.25, 0.3) is 0 Å². The molecule has 1 amide bonds. The number of phosphoric ester groups is 1. The quantitative estimate of drug-likeness (QED) is 0.0243. The minimum absolute atomic E-state index is 0.0522. The molecule has 0 radical (unpaired) electrons. The number of hydrogen-bond donors (Lipinski definition) is 3. The van der Waals surface area contributed by atoms with Gasteiger partial charge in [-0.1, -0.05) is 292 Å². The molecule has 0 saturated heterocycles. The highest BCUT2D eigenvalue weighted by Crippen LogP contribution is 2.43. The summed E-state index contributed by atoms with van der Waals surface area (Å²) in [6.45, 7) is 4.70. The van der Waals surface area contributed by atoms with E-state index in [1.807, 2.05) is 27.2 Å². The van der Waals surface area contributed by atoms with E-state index >= 15 is 0 Å². The summed E-state index contributed by atoms with van der Waals surface area (Å²) in [5.74, 6) is -0.188. The van der Waals surface area contributed by atoms with E-state index in [9.17, 15) is 19.4 Å². The smallest absolute Gasteiger partial charge is 0.387 e. The Morgan fingerprint density at radius 1 is 0.449 bits per heavy atom. The van der Waals surface area contributed by atoms with Crippen LogP contribution in [-0.4, -0.2) is 73.4 Å². The minimum atomic E-state index is -4.37. The number of allylic oxidation sites excluding steroid dienone is 13. The lowest BCUT2D eigenvalue weighted by molar-refractivity contribution is -0.870. The number of aliphatic hydroxyl groups is 1. The molecule has 0 bridgehead atoms. The Balaban J connectivity index is 4.12. The zero-order valence-corrected chi connectivity index (χ0v) is 52.8. The molecule has 78 heavy (non-hydrogen) atoms. The van der Waals surface area contributed by atoms with Gasteiger partial charge in [0.25, 0.3) is 0 Å². The first-order chi connectivity index (χ1) is 38.0. The van der Waals surface area contributed by atoms with Gasteiger partial charge in [0.2, 0.25) is 5.91 Å². The van der Waals surface area contributed by atoms with E-state index in [1.165, 1.54) is 205 Å². The second kappa shape index (κ2) is 59.3. The van der Waals surface area contributed by atoms with Gasteiger partial charge in [0, 0.05) is 6.42 Å². The van der Waals surface area contributed by atoms with Crippen LogP contribution in [0, 0.1) is 0 Å². The van der Waals surface area contributed by atoms with Crippen molar-refractivity contribution in [2.75, 3.05) is 40.9 Å². The molecule has 0 fully saturated rings. The van der Waals surface area contributed by atoms with E-state index in [2.05, 4.69) is 92.1 Å². The van der Waals surface area contributed by atoms with Gasteiger partial charge in [-0.25, -0.2) is 4.57 Å². The van der Waals surface area contributed by atoms with Crippen LogP contribution in [-0.2, 0) is 18.4 Å². The number of hydrogen-bond acceptors (Lipinski definition) is 5. The van der Waals surface area contributed by atoms with Gasteiger partial charge in [0.15, 0.2) is 0 Å². The number of quaternary nitrogens is 1. The van der Waals surface area contributed by atoms with E-state index in [0.717, 1.165) is 70.6 Å². The second-order valence-corrected chi connectivity index (χ2v) is 24.9. The van der Waals surface area contributed by atoms with Gasteiger partial charge in [0.1, 0.15) is 13.2 Å². The highest BCUT2D eigenvalue weighted by atomic mass is 31.2. The molecule has 0 heterocycles. The number of phosphoric acid groups is 1. The van der Waals surface area contributed by atoms with E-state index in [0.29, 0.717) is 17.4 Å². The van der Waals surface area contributed by atoms with Crippen molar-refractivity contribution in [1.82, 2.24) is 5.32 Å². The third-order valence-electron chi connectivity index (χ3n) is 14.6. The van der Waals surface area contributed by atoms with Gasteiger partial charge >= 0.3 is 7.82 Å². The molecule has 0 rings (SSSR count). The number of likely N-dealkylation sites (N-methyl/N-ethyl adjacent to an activating group) is 1. The van der Waals surface area contributed by atoms with E-state index in [-0.39, 0.29) is 19.1 Å². The van der Waals surface area contributed by atoms with Crippen LogP contribution < -0.4 is 5.32 Å². The van der Waals surface area contributed by atoms with Gasteiger partial charge in [-0.3, -0.25) is 13.8 Å². The lowest BCUT2D eigenvalue weighted by Crippen LogP contribution is -2.45. The molecular formula is C69H128N2O6P+. The maximum atomic E-state index is 13.0. The molecule has 0 aromatic carbocycles. The average molecular weight is 1110 g/mol. The van der Waals surface area contributed by atoms with E-state index < -0.39 is 20.0 Å². The van der Waals surface area contributed by atoms with E-state index in [1.54, 1.807) is 6.08 Å². The summed E-state index contributed by atoms with van der Waals surface area (Å²) < 4.78 is 23.8. The summed E-state index contributed by atoms with van der Waals surface area (Å²) in [6.07, 6.45) is 84.4. The van der Waals surface area contributed by atoms with Crippen LogP contribution in [0.4, 0.5) is 0 Å². The molecule has 3 unspecified atom stereocenters. The predicted molar refractivity (Wildman–Crippen MR) is 341 cm³/mol. The number of amides is 1. The van der Waals surface area contributed by atoms with Crippen LogP contribution in [0.15, 0.2) is 85.1 Å². The Labute approximate surface area is 484 Å². The monoisotopic (exact) mass is 1110 g/mol. The molecule has 3 N–H and O–H groups in total. The zero-order chi connectivity index (χ0) is 57.0. The summed E-state index contributed by atoms with van der Waals surface area (Å²) >= 11 is 0. The fraction of sp³-hybridized carbons (Fsp3) is 0.783. The molecule has 454 valence electrons. The number of unbranched alkanes of at least 4 members (excludes halogenated alkanes) is 35. The third kappa shape index (κ3) is 61.3. The number of carbonyl (C=O) groups excluding carboxylic acids is 1. The van der Waals surface area contributed by atoms with Gasteiger partial charge < -0.3 is 19.8 Å². The topological polar surface area (TPSA) is 105 Å². The SMILES string of the molecule is CC/C=C\C/C=C\C/C=C\C/C=C\CCCCCCCCCCCCCCCCCCCCCCC(=O)NC(COP(=O)(O)OCC[N+](C)(C)C)C(O)/C=C/CC/C=C/CC/C=C/CCCCCCCCCCCCCCC. The normalized spacial score (nSPS) is 14.3. The van der Waals surface area contributed by atoms with Gasteiger partial charge in [-0.05, 0) is 83.5 Å². The molecule has 9 heteroatoms. The number of carbonyl (C=O) groups is 1. The van der Waals surface area contributed by atoms with Crippen molar-refractivity contribution < 1.29 is 32.9 Å². The molecule has 8 nitrogen and oxygen atoms in total.